The van der Waals surface area contributed by atoms with E-state index in [4.69, 9.17) is 0 Å². The molecule has 1 N–H and O–H groups in total. The molecule has 3 heterocycles. The first kappa shape index (κ1) is 13.9. The number of nitrogens with zero attached hydrogens (tertiary/aromatic N) is 3. The summed E-state index contributed by atoms with van der Waals surface area (Å²) in [5.41, 5.74) is 0.396. The molecule has 6 heteroatoms. The molecule has 0 bridgehead atoms. The molecule has 1 aromatic rings. The standard InChI is InChI=1S/C14H22N4OS/c1-11-16-17-13(20-11)10-18-8-5-14(6-9-18)3-2-12(19)15-7-4-14/h2-10H2,1H3,(H,15,19). The molecule has 20 heavy (non-hydrogen) atoms. The summed E-state index contributed by atoms with van der Waals surface area (Å²) in [5, 5.41) is 13.5. The first-order chi connectivity index (χ1) is 9.65. The fourth-order valence-electron chi connectivity index (χ4n) is 3.34. The highest BCUT2D eigenvalue weighted by Gasteiger charge is 2.36. The van der Waals surface area contributed by atoms with Gasteiger partial charge in [-0.3, -0.25) is 9.69 Å². The summed E-state index contributed by atoms with van der Waals surface area (Å²) in [6, 6.07) is 0. The van der Waals surface area contributed by atoms with Crippen molar-refractivity contribution < 1.29 is 4.79 Å². The summed E-state index contributed by atoms with van der Waals surface area (Å²) in [6.45, 7) is 6.02. The Morgan fingerprint density at radius 3 is 2.75 bits per heavy atom. The number of aryl methyl sites for hydroxylation is 1. The molecule has 1 aromatic heterocycles. The van der Waals surface area contributed by atoms with E-state index in [1.54, 1.807) is 11.3 Å². The summed E-state index contributed by atoms with van der Waals surface area (Å²) in [7, 11) is 0. The van der Waals surface area contributed by atoms with E-state index in [0.717, 1.165) is 49.0 Å². The van der Waals surface area contributed by atoms with Crippen molar-refractivity contribution in [1.82, 2.24) is 20.4 Å². The number of rotatable bonds is 2. The number of likely N-dealkylation sites (tertiary alicyclic amines) is 1. The molecule has 110 valence electrons. The van der Waals surface area contributed by atoms with Crippen molar-refractivity contribution in [3.63, 3.8) is 0 Å². The van der Waals surface area contributed by atoms with Crippen LogP contribution in [0.1, 0.15) is 42.1 Å². The zero-order valence-electron chi connectivity index (χ0n) is 12.0. The van der Waals surface area contributed by atoms with E-state index < -0.39 is 0 Å². The van der Waals surface area contributed by atoms with Crippen LogP contribution < -0.4 is 5.32 Å². The van der Waals surface area contributed by atoms with Gasteiger partial charge in [0.2, 0.25) is 5.91 Å². The van der Waals surface area contributed by atoms with Gasteiger partial charge in [-0.25, -0.2) is 0 Å². The van der Waals surface area contributed by atoms with E-state index in [1.807, 2.05) is 6.92 Å². The lowest BCUT2D eigenvalue weighted by Crippen LogP contribution is -2.40. The molecule has 0 saturated carbocycles. The predicted octanol–water partition coefficient (Wildman–Crippen LogP) is 1.73. The highest BCUT2D eigenvalue weighted by molar-refractivity contribution is 7.11. The molecule has 2 aliphatic heterocycles. The number of amides is 1. The van der Waals surface area contributed by atoms with E-state index in [9.17, 15) is 4.79 Å². The Hall–Kier alpha value is -1.01. The van der Waals surface area contributed by atoms with E-state index in [-0.39, 0.29) is 5.91 Å². The Kier molecular flexibility index (Phi) is 4.03. The molecule has 1 spiro atoms. The van der Waals surface area contributed by atoms with E-state index >= 15 is 0 Å². The Labute approximate surface area is 123 Å². The average Bonchev–Trinajstić information content (AvgIpc) is 2.75. The minimum absolute atomic E-state index is 0.230. The summed E-state index contributed by atoms with van der Waals surface area (Å²) >= 11 is 1.69. The molecule has 0 aromatic carbocycles. The number of carbonyl (C=O) groups is 1. The molecule has 3 rings (SSSR count). The predicted molar refractivity (Wildman–Crippen MR) is 78.5 cm³/mol. The summed E-state index contributed by atoms with van der Waals surface area (Å²) in [4.78, 5) is 14.0. The first-order valence-corrected chi connectivity index (χ1v) is 8.25. The monoisotopic (exact) mass is 294 g/mol. The van der Waals surface area contributed by atoms with Crippen LogP contribution in [-0.2, 0) is 11.3 Å². The van der Waals surface area contributed by atoms with Crippen molar-refractivity contribution in [3.05, 3.63) is 10.0 Å². The van der Waals surface area contributed by atoms with Crippen LogP contribution in [0.3, 0.4) is 0 Å². The van der Waals surface area contributed by atoms with Crippen LogP contribution in [0.4, 0.5) is 0 Å². The zero-order chi connectivity index (χ0) is 14.0. The van der Waals surface area contributed by atoms with Crippen LogP contribution in [0.25, 0.3) is 0 Å². The van der Waals surface area contributed by atoms with Crippen LogP contribution >= 0.6 is 11.3 Å². The quantitative estimate of drug-likeness (QED) is 0.902. The molecule has 1 amide bonds. The van der Waals surface area contributed by atoms with Gasteiger partial charge in [0.05, 0.1) is 6.54 Å². The summed E-state index contributed by atoms with van der Waals surface area (Å²) < 4.78 is 0. The third-order valence-electron chi connectivity index (χ3n) is 4.70. The molecule has 0 aliphatic carbocycles. The van der Waals surface area contributed by atoms with Gasteiger partial charge >= 0.3 is 0 Å². The SMILES string of the molecule is Cc1nnc(CN2CCC3(CCNC(=O)CC3)CC2)s1. The Bertz CT molecular complexity index is 479. The summed E-state index contributed by atoms with van der Waals surface area (Å²) in [6.07, 6.45) is 5.32. The van der Waals surface area contributed by atoms with Crippen molar-refractivity contribution in [2.45, 2.75) is 45.6 Å². The second kappa shape index (κ2) is 5.77. The normalized spacial score (nSPS) is 23.6. The van der Waals surface area contributed by atoms with Gasteiger partial charge in [0.1, 0.15) is 10.0 Å². The topological polar surface area (TPSA) is 58.1 Å². The Morgan fingerprint density at radius 2 is 2.05 bits per heavy atom. The number of hydrogen-bond donors (Lipinski definition) is 1. The maximum Gasteiger partial charge on any atom is 0.220 e. The van der Waals surface area contributed by atoms with Crippen LogP contribution in [0, 0.1) is 12.3 Å². The second-order valence-electron chi connectivity index (χ2n) is 6.09. The lowest BCUT2D eigenvalue weighted by atomic mass is 9.73. The largest absolute Gasteiger partial charge is 0.356 e. The maximum absolute atomic E-state index is 11.5. The molecule has 5 nitrogen and oxygen atoms in total. The number of carbonyl (C=O) groups excluding carboxylic acids is 1. The number of hydrogen-bond acceptors (Lipinski definition) is 5. The number of nitrogens with one attached hydrogen (secondary N) is 1. The van der Waals surface area contributed by atoms with Gasteiger partial charge in [0, 0.05) is 13.0 Å². The molecule has 2 saturated heterocycles. The molecule has 0 atom stereocenters. The first-order valence-electron chi connectivity index (χ1n) is 7.43. The number of aromatic nitrogens is 2. The third-order valence-corrected chi connectivity index (χ3v) is 5.53. The third kappa shape index (κ3) is 3.17. The molecular formula is C14H22N4OS. The van der Waals surface area contributed by atoms with Crippen molar-refractivity contribution in [2.75, 3.05) is 19.6 Å². The van der Waals surface area contributed by atoms with Gasteiger partial charge in [-0.05, 0) is 51.1 Å². The van der Waals surface area contributed by atoms with Gasteiger partial charge in [0.25, 0.3) is 0 Å². The summed E-state index contributed by atoms with van der Waals surface area (Å²) in [5.74, 6) is 0.230. The van der Waals surface area contributed by atoms with Crippen LogP contribution in [0.5, 0.6) is 0 Å². The Balaban J connectivity index is 1.54. The molecule has 0 unspecified atom stereocenters. The minimum atomic E-state index is 0.230. The fourth-order valence-corrected chi connectivity index (χ4v) is 4.09. The van der Waals surface area contributed by atoms with E-state index in [1.165, 1.54) is 12.8 Å². The molecular weight excluding hydrogens is 272 g/mol. The smallest absolute Gasteiger partial charge is 0.220 e. The van der Waals surface area contributed by atoms with Crippen molar-refractivity contribution in [3.8, 4) is 0 Å². The molecule has 2 fully saturated rings. The lowest BCUT2D eigenvalue weighted by molar-refractivity contribution is -0.121. The minimum Gasteiger partial charge on any atom is -0.356 e. The van der Waals surface area contributed by atoms with Gasteiger partial charge in [0.15, 0.2) is 0 Å². The second-order valence-corrected chi connectivity index (χ2v) is 7.36. The maximum atomic E-state index is 11.5. The van der Waals surface area contributed by atoms with Crippen molar-refractivity contribution in [1.29, 1.82) is 0 Å². The van der Waals surface area contributed by atoms with Gasteiger partial charge in [-0.2, -0.15) is 0 Å². The van der Waals surface area contributed by atoms with Crippen LogP contribution in [0.15, 0.2) is 0 Å². The average molecular weight is 294 g/mol. The molecule has 0 radical (unpaired) electrons. The van der Waals surface area contributed by atoms with Gasteiger partial charge in [-0.15, -0.1) is 21.5 Å². The van der Waals surface area contributed by atoms with Gasteiger partial charge in [-0.1, -0.05) is 0 Å². The van der Waals surface area contributed by atoms with Gasteiger partial charge < -0.3 is 5.32 Å². The van der Waals surface area contributed by atoms with E-state index in [2.05, 4.69) is 20.4 Å². The fraction of sp³-hybridized carbons (Fsp3) is 0.786. The van der Waals surface area contributed by atoms with Crippen LogP contribution in [-0.4, -0.2) is 40.6 Å². The molecule has 2 aliphatic rings. The van der Waals surface area contributed by atoms with Crippen LogP contribution in [0.2, 0.25) is 0 Å². The van der Waals surface area contributed by atoms with Crippen molar-refractivity contribution in [2.24, 2.45) is 5.41 Å². The highest BCUT2D eigenvalue weighted by atomic mass is 32.1. The number of piperidine rings is 1. The zero-order valence-corrected chi connectivity index (χ0v) is 12.8. The van der Waals surface area contributed by atoms with E-state index in [0.29, 0.717) is 11.8 Å². The Morgan fingerprint density at radius 1 is 1.25 bits per heavy atom. The van der Waals surface area contributed by atoms with Crippen molar-refractivity contribution >= 4 is 17.2 Å². The highest BCUT2D eigenvalue weighted by Crippen LogP contribution is 2.40. The lowest BCUT2D eigenvalue weighted by Gasteiger charge is -2.41.